The van der Waals surface area contributed by atoms with Crippen molar-refractivity contribution in [2.45, 2.75) is 38.5 Å². The average molecular weight is 742 g/mol. The molecule has 6 aromatic rings. The maximum absolute atomic E-state index is 9.12. The molecule has 8 rings (SSSR count). The molecule has 0 aliphatic carbocycles. The number of rotatable bonds is 12. The third-order valence-corrected chi connectivity index (χ3v) is 11.4. The molecule has 2 aromatic heterocycles. The molecular weight excluding hydrogens is 691 g/mol. The summed E-state index contributed by atoms with van der Waals surface area (Å²) in [4.78, 5) is 16.6. The zero-order valence-electron chi connectivity index (χ0n) is 32.3. The van der Waals surface area contributed by atoms with Gasteiger partial charge in [-0.05, 0) is 136 Å². The van der Waals surface area contributed by atoms with Crippen molar-refractivity contribution >= 4 is 33.2 Å². The highest BCUT2D eigenvalue weighted by molar-refractivity contribution is 5.84. The largest absolute Gasteiger partial charge is 0.369 e. The number of nitriles is 3. The van der Waals surface area contributed by atoms with E-state index in [-0.39, 0.29) is 0 Å². The van der Waals surface area contributed by atoms with Gasteiger partial charge in [0, 0.05) is 97.9 Å². The molecule has 9 nitrogen and oxygen atoms in total. The van der Waals surface area contributed by atoms with Crippen molar-refractivity contribution in [3.8, 4) is 18.2 Å². The van der Waals surface area contributed by atoms with Gasteiger partial charge in [0.1, 0.15) is 0 Å². The van der Waals surface area contributed by atoms with Crippen LogP contribution < -0.4 is 9.80 Å². The molecule has 0 saturated carbocycles. The van der Waals surface area contributed by atoms with Crippen LogP contribution in [0.1, 0.15) is 53.5 Å². The number of anilines is 2. The van der Waals surface area contributed by atoms with Gasteiger partial charge in [-0.25, -0.2) is 0 Å². The summed E-state index contributed by atoms with van der Waals surface area (Å²) >= 11 is 0. The number of H-pyrrole nitrogens is 2. The fraction of sp³-hybridized carbons (Fsp3) is 0.340. The summed E-state index contributed by atoms with van der Waals surface area (Å²) in [6, 6.07) is 36.8. The lowest BCUT2D eigenvalue weighted by Gasteiger charge is -2.36. The van der Waals surface area contributed by atoms with Crippen molar-refractivity contribution < 1.29 is 0 Å². The van der Waals surface area contributed by atoms with Gasteiger partial charge in [-0.3, -0.25) is 9.80 Å². The number of unbranched alkanes of at least 4 members (excludes halogenated alkanes) is 2. The first-order valence-corrected chi connectivity index (χ1v) is 20.1. The van der Waals surface area contributed by atoms with E-state index in [1.165, 1.54) is 64.6 Å². The molecule has 2 aliphatic heterocycles. The first-order valence-electron chi connectivity index (χ1n) is 20.1. The topological polar surface area (TPSA) is 116 Å². The number of nitrogens with zero attached hydrogens (tertiary/aromatic N) is 7. The number of hydrogen-bond acceptors (Lipinski definition) is 7. The normalized spacial score (nSPS) is 14.9. The van der Waals surface area contributed by atoms with E-state index in [4.69, 9.17) is 15.8 Å². The minimum Gasteiger partial charge on any atom is -0.369 e. The molecule has 0 amide bonds. The van der Waals surface area contributed by atoms with Crippen molar-refractivity contribution in [1.82, 2.24) is 19.8 Å². The molecule has 4 aromatic carbocycles. The number of aryl methyl sites for hydroxylation is 2. The molecule has 0 atom stereocenters. The first-order chi connectivity index (χ1) is 27.6. The van der Waals surface area contributed by atoms with Crippen LogP contribution in [0.5, 0.6) is 0 Å². The third kappa shape index (κ3) is 9.78. The van der Waals surface area contributed by atoms with E-state index < -0.39 is 0 Å². The zero-order valence-corrected chi connectivity index (χ0v) is 32.3. The second-order valence-corrected chi connectivity index (χ2v) is 14.9. The Balaban J connectivity index is 0.000000172. The number of aromatic amines is 2. The third-order valence-electron chi connectivity index (χ3n) is 11.4. The number of hydrogen-bond donors (Lipinski definition) is 2. The van der Waals surface area contributed by atoms with Crippen LogP contribution in [0.3, 0.4) is 0 Å². The van der Waals surface area contributed by atoms with Crippen molar-refractivity contribution in [1.29, 1.82) is 15.8 Å². The molecule has 2 saturated heterocycles. The molecule has 0 spiro atoms. The van der Waals surface area contributed by atoms with Gasteiger partial charge in [0.05, 0.1) is 34.9 Å². The fourth-order valence-electron chi connectivity index (χ4n) is 8.05. The Kier molecular flexibility index (Phi) is 13.0. The molecule has 0 bridgehead atoms. The Hall–Kier alpha value is -6.05. The molecule has 2 N–H and O–H groups in total. The van der Waals surface area contributed by atoms with Crippen LogP contribution in [0.15, 0.2) is 103 Å². The monoisotopic (exact) mass is 741 g/mol. The lowest BCUT2D eigenvalue weighted by Crippen LogP contribution is -2.46. The van der Waals surface area contributed by atoms with Crippen LogP contribution in [-0.4, -0.2) is 85.2 Å². The van der Waals surface area contributed by atoms with Gasteiger partial charge in [0.25, 0.3) is 0 Å². The predicted molar refractivity (Wildman–Crippen MR) is 227 cm³/mol. The van der Waals surface area contributed by atoms with Gasteiger partial charge < -0.3 is 19.8 Å². The highest BCUT2D eigenvalue weighted by Gasteiger charge is 2.18. The van der Waals surface area contributed by atoms with E-state index in [0.29, 0.717) is 5.56 Å². The van der Waals surface area contributed by atoms with Gasteiger partial charge >= 0.3 is 0 Å². The van der Waals surface area contributed by atoms with E-state index in [1.807, 2.05) is 54.6 Å². The molecular formula is C47H51N9. The molecule has 4 heterocycles. The van der Waals surface area contributed by atoms with Crippen molar-refractivity contribution in [3.05, 3.63) is 131 Å². The molecule has 2 aliphatic rings. The summed E-state index contributed by atoms with van der Waals surface area (Å²) in [5.74, 6) is 0. The van der Waals surface area contributed by atoms with Gasteiger partial charge in [-0.1, -0.05) is 18.2 Å². The van der Waals surface area contributed by atoms with Crippen molar-refractivity contribution in [3.63, 3.8) is 0 Å². The Morgan fingerprint density at radius 2 is 0.911 bits per heavy atom. The minimum atomic E-state index is 0.714. The predicted octanol–water partition coefficient (Wildman–Crippen LogP) is 8.24. The standard InChI is InChI=1S/C24H25N5.C23H26N4/c25-16-19-4-7-22(8-5-19)29-13-11-28(12-14-29)10-2-1-3-21-18-27-24-9-6-20(17-26)15-23(21)24;24-17-19-8-10-21(11-9-19)27-15-13-26(14-16-27)12-4-3-5-20-18-25-23-7-2-1-6-22(20)23/h4-9,15,18,27H,1-3,10-14H2;1-2,6-11,18,25H,3-5,12-16H2. The highest BCUT2D eigenvalue weighted by atomic mass is 15.3. The first kappa shape index (κ1) is 38.2. The van der Waals surface area contributed by atoms with Crippen LogP contribution in [0.25, 0.3) is 21.8 Å². The number of benzene rings is 4. The molecule has 0 unspecified atom stereocenters. The van der Waals surface area contributed by atoms with Crippen LogP contribution in [0, 0.1) is 34.0 Å². The maximum Gasteiger partial charge on any atom is 0.0991 e. The Labute approximate surface area is 331 Å². The summed E-state index contributed by atoms with van der Waals surface area (Å²) < 4.78 is 0. The maximum atomic E-state index is 9.12. The van der Waals surface area contributed by atoms with Crippen molar-refractivity contribution in [2.75, 3.05) is 75.2 Å². The summed E-state index contributed by atoms with van der Waals surface area (Å²) in [7, 11) is 0. The quantitative estimate of drug-likeness (QED) is 0.121. The van der Waals surface area contributed by atoms with Crippen LogP contribution in [-0.2, 0) is 12.8 Å². The Bertz CT molecular complexity index is 2280. The van der Waals surface area contributed by atoms with E-state index in [9.17, 15) is 0 Å². The molecule has 9 heteroatoms. The van der Waals surface area contributed by atoms with Gasteiger partial charge in [-0.2, -0.15) is 15.8 Å². The minimum absolute atomic E-state index is 0.714. The molecule has 284 valence electrons. The number of piperazine rings is 2. The molecule has 2 fully saturated rings. The number of para-hydroxylation sites is 1. The van der Waals surface area contributed by atoms with Gasteiger partial charge in [-0.15, -0.1) is 0 Å². The van der Waals surface area contributed by atoms with Crippen molar-refractivity contribution in [2.24, 2.45) is 0 Å². The Morgan fingerprint density at radius 3 is 1.41 bits per heavy atom. The van der Waals surface area contributed by atoms with Crippen LogP contribution in [0.2, 0.25) is 0 Å². The summed E-state index contributed by atoms with van der Waals surface area (Å²) in [5.41, 5.74) is 9.70. The van der Waals surface area contributed by atoms with E-state index in [0.717, 1.165) is 94.8 Å². The lowest BCUT2D eigenvalue weighted by molar-refractivity contribution is 0.253. The lowest BCUT2D eigenvalue weighted by atomic mass is 10.1. The molecule has 0 radical (unpaired) electrons. The zero-order chi connectivity index (χ0) is 38.5. The SMILES string of the molecule is N#Cc1ccc(N2CCN(CCCCc3c[nH]c4ccc(C#N)cc34)CC2)cc1.N#Cc1ccc(N2CCN(CCCCc3c[nH]c4ccccc34)CC2)cc1. The number of aromatic nitrogens is 2. The molecule has 56 heavy (non-hydrogen) atoms. The van der Waals surface area contributed by atoms with E-state index in [1.54, 1.807) is 0 Å². The van der Waals surface area contributed by atoms with Crippen LogP contribution in [0.4, 0.5) is 11.4 Å². The van der Waals surface area contributed by atoms with E-state index in [2.05, 4.69) is 96.6 Å². The average Bonchev–Trinajstić information content (AvgIpc) is 3.88. The fourth-order valence-corrected chi connectivity index (χ4v) is 8.05. The summed E-state index contributed by atoms with van der Waals surface area (Å²) in [5, 5.41) is 29.5. The van der Waals surface area contributed by atoms with Gasteiger partial charge in [0.15, 0.2) is 0 Å². The number of fused-ring (bicyclic) bond motifs is 2. The summed E-state index contributed by atoms with van der Waals surface area (Å²) in [6.45, 7) is 10.9. The Morgan fingerprint density at radius 1 is 0.464 bits per heavy atom. The smallest absolute Gasteiger partial charge is 0.0991 e. The summed E-state index contributed by atoms with van der Waals surface area (Å²) in [6.07, 6.45) is 11.3. The second-order valence-electron chi connectivity index (χ2n) is 14.9. The van der Waals surface area contributed by atoms with E-state index >= 15 is 0 Å². The highest BCUT2D eigenvalue weighted by Crippen LogP contribution is 2.23. The number of nitrogens with one attached hydrogen (secondary N) is 2. The van der Waals surface area contributed by atoms with Gasteiger partial charge in [0.2, 0.25) is 0 Å². The van der Waals surface area contributed by atoms with Crippen LogP contribution >= 0.6 is 0 Å². The second kappa shape index (κ2) is 19.0.